The van der Waals surface area contributed by atoms with E-state index in [4.69, 9.17) is 9.47 Å². The van der Waals surface area contributed by atoms with Gasteiger partial charge in [0.05, 0.1) is 14.2 Å². The molecular formula is C12H15BrO3. The van der Waals surface area contributed by atoms with Crippen LogP contribution in [0.4, 0.5) is 0 Å². The number of hydrogen-bond acceptors (Lipinski definition) is 3. The molecule has 0 heterocycles. The molecule has 1 aromatic carbocycles. The molecule has 0 aliphatic carbocycles. The minimum atomic E-state index is -0.601. The highest BCUT2D eigenvalue weighted by Gasteiger charge is 2.27. The van der Waals surface area contributed by atoms with Gasteiger partial charge in [0.15, 0.2) is 0 Å². The third kappa shape index (κ3) is 2.38. The summed E-state index contributed by atoms with van der Waals surface area (Å²) in [5.41, 5.74) is 0.224. The number of halogens is 1. The van der Waals surface area contributed by atoms with Gasteiger partial charge in [0.1, 0.15) is 17.8 Å². The van der Waals surface area contributed by atoms with Crippen LogP contribution < -0.4 is 9.47 Å². The zero-order valence-corrected chi connectivity index (χ0v) is 11.4. The Labute approximate surface area is 104 Å². The Morgan fingerprint density at radius 3 is 2.31 bits per heavy atom. The summed E-state index contributed by atoms with van der Waals surface area (Å²) < 4.78 is 11.2. The Kier molecular flexibility index (Phi) is 3.97. The Hall–Kier alpha value is -1.03. The lowest BCUT2D eigenvalue weighted by atomic mass is 9.85. The minimum Gasteiger partial charge on any atom is -0.497 e. The molecule has 0 spiro atoms. The van der Waals surface area contributed by atoms with E-state index >= 15 is 0 Å². The van der Waals surface area contributed by atoms with Crippen molar-refractivity contribution in [2.45, 2.75) is 19.3 Å². The van der Waals surface area contributed by atoms with Gasteiger partial charge in [-0.15, -0.1) is 0 Å². The number of benzene rings is 1. The van der Waals surface area contributed by atoms with E-state index in [0.717, 1.165) is 16.3 Å². The molecule has 0 fully saturated rings. The van der Waals surface area contributed by atoms with Crippen molar-refractivity contribution in [2.75, 3.05) is 14.2 Å². The van der Waals surface area contributed by atoms with Gasteiger partial charge in [0.25, 0.3) is 0 Å². The number of carbonyl (C=O) groups excluding carboxylic acids is 1. The van der Waals surface area contributed by atoms with Crippen molar-refractivity contribution in [3.05, 3.63) is 22.2 Å². The zero-order valence-electron chi connectivity index (χ0n) is 9.83. The molecule has 0 atom stereocenters. The molecule has 0 saturated heterocycles. The summed E-state index contributed by atoms with van der Waals surface area (Å²) in [7, 11) is 3.16. The number of ether oxygens (including phenoxy) is 2. The predicted molar refractivity (Wildman–Crippen MR) is 66.3 cm³/mol. The lowest BCUT2D eigenvalue weighted by Gasteiger charge is -2.22. The maximum Gasteiger partial charge on any atom is 0.130 e. The molecule has 16 heavy (non-hydrogen) atoms. The second-order valence-corrected chi connectivity index (χ2v) is 4.88. The highest BCUT2D eigenvalue weighted by atomic mass is 79.9. The lowest BCUT2D eigenvalue weighted by molar-refractivity contribution is -0.111. The number of aldehydes is 1. The van der Waals surface area contributed by atoms with Gasteiger partial charge < -0.3 is 14.3 Å². The summed E-state index contributed by atoms with van der Waals surface area (Å²) in [5, 5.41) is 0. The first kappa shape index (κ1) is 13.0. The molecule has 0 aromatic heterocycles. The van der Waals surface area contributed by atoms with E-state index in [2.05, 4.69) is 15.9 Å². The molecular weight excluding hydrogens is 272 g/mol. The average molecular weight is 287 g/mol. The number of hydrogen-bond donors (Lipinski definition) is 0. The van der Waals surface area contributed by atoms with Crippen LogP contribution >= 0.6 is 15.9 Å². The first-order valence-corrected chi connectivity index (χ1v) is 5.64. The fraction of sp³-hybridized carbons (Fsp3) is 0.417. The van der Waals surface area contributed by atoms with Crippen LogP contribution in [0.5, 0.6) is 11.5 Å². The molecule has 0 unspecified atom stereocenters. The molecule has 0 aliphatic heterocycles. The first-order valence-electron chi connectivity index (χ1n) is 4.84. The number of methoxy groups -OCH3 is 2. The van der Waals surface area contributed by atoms with Crippen LogP contribution in [0.2, 0.25) is 0 Å². The van der Waals surface area contributed by atoms with Crippen LogP contribution in [0.1, 0.15) is 19.4 Å². The quantitative estimate of drug-likeness (QED) is 0.799. The molecule has 3 nitrogen and oxygen atoms in total. The van der Waals surface area contributed by atoms with Crippen molar-refractivity contribution in [3.8, 4) is 11.5 Å². The molecule has 4 heteroatoms. The van der Waals surface area contributed by atoms with E-state index in [0.29, 0.717) is 11.5 Å². The summed E-state index contributed by atoms with van der Waals surface area (Å²) >= 11 is 3.44. The van der Waals surface area contributed by atoms with Gasteiger partial charge in [-0.1, -0.05) is 15.9 Å². The van der Waals surface area contributed by atoms with Crippen LogP contribution in [0.3, 0.4) is 0 Å². The Morgan fingerprint density at radius 1 is 1.25 bits per heavy atom. The van der Waals surface area contributed by atoms with Gasteiger partial charge >= 0.3 is 0 Å². The van der Waals surface area contributed by atoms with Crippen molar-refractivity contribution in [3.63, 3.8) is 0 Å². The van der Waals surface area contributed by atoms with Crippen LogP contribution in [-0.2, 0) is 10.2 Å². The molecule has 0 aliphatic rings. The highest BCUT2D eigenvalue weighted by molar-refractivity contribution is 9.10. The number of rotatable bonds is 4. The van der Waals surface area contributed by atoms with Crippen molar-refractivity contribution >= 4 is 22.2 Å². The molecule has 0 amide bonds. The van der Waals surface area contributed by atoms with E-state index in [1.165, 1.54) is 0 Å². The van der Waals surface area contributed by atoms with Crippen LogP contribution in [0.15, 0.2) is 16.6 Å². The third-order valence-electron chi connectivity index (χ3n) is 2.42. The molecule has 0 N–H and O–H groups in total. The smallest absolute Gasteiger partial charge is 0.130 e. The van der Waals surface area contributed by atoms with Crippen molar-refractivity contribution in [1.82, 2.24) is 0 Å². The molecule has 1 aromatic rings. The van der Waals surface area contributed by atoms with E-state index in [9.17, 15) is 4.79 Å². The molecule has 0 radical (unpaired) electrons. The van der Waals surface area contributed by atoms with Gasteiger partial charge in [0, 0.05) is 21.5 Å². The topological polar surface area (TPSA) is 35.5 Å². The largest absolute Gasteiger partial charge is 0.497 e. The highest BCUT2D eigenvalue weighted by Crippen LogP contribution is 2.39. The summed E-state index contributed by atoms with van der Waals surface area (Å²) in [4.78, 5) is 11.1. The summed E-state index contributed by atoms with van der Waals surface area (Å²) in [6, 6.07) is 3.59. The summed E-state index contributed by atoms with van der Waals surface area (Å²) in [5.74, 6) is 1.33. The van der Waals surface area contributed by atoms with Crippen molar-refractivity contribution < 1.29 is 14.3 Å². The Balaban J connectivity index is 3.43. The van der Waals surface area contributed by atoms with E-state index < -0.39 is 5.41 Å². The summed E-state index contributed by atoms with van der Waals surface area (Å²) in [6.45, 7) is 3.68. The standard InChI is InChI=1S/C12H15BrO3/c1-12(2,7-14)11-9(13)5-8(15-3)6-10(11)16-4/h5-7H,1-4H3. The molecule has 0 saturated carbocycles. The summed E-state index contributed by atoms with van der Waals surface area (Å²) in [6.07, 6.45) is 0.905. The monoisotopic (exact) mass is 286 g/mol. The fourth-order valence-corrected chi connectivity index (χ4v) is 2.45. The van der Waals surface area contributed by atoms with Gasteiger partial charge in [0.2, 0.25) is 0 Å². The van der Waals surface area contributed by atoms with Gasteiger partial charge in [-0.2, -0.15) is 0 Å². The normalized spacial score (nSPS) is 11.1. The maximum atomic E-state index is 11.1. The molecule has 0 bridgehead atoms. The predicted octanol–water partition coefficient (Wildman–Crippen LogP) is 2.94. The van der Waals surface area contributed by atoms with E-state index in [1.807, 2.05) is 19.9 Å². The second-order valence-electron chi connectivity index (χ2n) is 4.03. The zero-order chi connectivity index (χ0) is 12.3. The van der Waals surface area contributed by atoms with Gasteiger partial charge in [-0.05, 0) is 19.9 Å². The SMILES string of the molecule is COc1cc(Br)c(C(C)(C)C=O)c(OC)c1. The minimum absolute atomic E-state index is 0.601. The molecule has 88 valence electrons. The molecule has 1 rings (SSSR count). The number of carbonyl (C=O) groups is 1. The van der Waals surface area contributed by atoms with Crippen molar-refractivity contribution in [2.24, 2.45) is 0 Å². The van der Waals surface area contributed by atoms with Gasteiger partial charge in [-0.25, -0.2) is 0 Å². The first-order chi connectivity index (χ1) is 7.46. The van der Waals surface area contributed by atoms with E-state index in [1.54, 1.807) is 20.3 Å². The Morgan fingerprint density at radius 2 is 1.88 bits per heavy atom. The maximum absolute atomic E-state index is 11.1. The van der Waals surface area contributed by atoms with Crippen LogP contribution in [0, 0.1) is 0 Å². The van der Waals surface area contributed by atoms with Crippen LogP contribution in [0.25, 0.3) is 0 Å². The van der Waals surface area contributed by atoms with E-state index in [-0.39, 0.29) is 0 Å². The van der Waals surface area contributed by atoms with Crippen molar-refractivity contribution in [1.29, 1.82) is 0 Å². The van der Waals surface area contributed by atoms with Crippen LogP contribution in [-0.4, -0.2) is 20.5 Å². The second kappa shape index (κ2) is 4.87. The Bertz CT molecular complexity index is 399. The third-order valence-corrected chi connectivity index (χ3v) is 3.05. The van der Waals surface area contributed by atoms with Gasteiger partial charge in [-0.3, -0.25) is 0 Å². The average Bonchev–Trinajstić information content (AvgIpc) is 2.27. The fourth-order valence-electron chi connectivity index (χ4n) is 1.52. The lowest BCUT2D eigenvalue weighted by Crippen LogP contribution is -2.20.